The highest BCUT2D eigenvalue weighted by Crippen LogP contribution is 2.32. The van der Waals surface area contributed by atoms with Crippen molar-refractivity contribution in [3.8, 4) is 11.5 Å². The molecule has 1 aromatic carbocycles. The monoisotopic (exact) mass is 279 g/mol. The zero-order valence-corrected chi connectivity index (χ0v) is 11.9. The predicted octanol–water partition coefficient (Wildman–Crippen LogP) is 1.17. The molecule has 0 radical (unpaired) electrons. The van der Waals surface area contributed by atoms with Gasteiger partial charge in [0, 0.05) is 13.1 Å². The van der Waals surface area contributed by atoms with E-state index in [0.717, 1.165) is 30.0 Å². The molecule has 6 heteroatoms. The van der Waals surface area contributed by atoms with Gasteiger partial charge in [-0.2, -0.15) is 0 Å². The third-order valence-electron chi connectivity index (χ3n) is 2.96. The lowest BCUT2D eigenvalue weighted by Gasteiger charge is -2.11. The Morgan fingerprint density at radius 2 is 2.05 bits per heavy atom. The number of ether oxygens (including phenoxy) is 2. The maximum absolute atomic E-state index is 11.6. The van der Waals surface area contributed by atoms with Gasteiger partial charge in [0.05, 0.1) is 0 Å². The fraction of sp³-hybridized carbons (Fsp3) is 0.500. The number of nitrogens with zero attached hydrogens (tertiary/aromatic N) is 1. The van der Waals surface area contributed by atoms with Gasteiger partial charge < -0.3 is 25.0 Å². The van der Waals surface area contributed by atoms with E-state index in [9.17, 15) is 4.79 Å². The van der Waals surface area contributed by atoms with Gasteiger partial charge in [-0.05, 0) is 44.8 Å². The standard InChI is InChI=1S/C14H21N3O3/c1-17(2)7-3-6-15-14(18)16-9-11-4-5-12-13(8-11)20-10-19-12/h4-5,8H,3,6-7,9-10H2,1-2H3,(H2,15,16,18). The lowest BCUT2D eigenvalue weighted by Crippen LogP contribution is -2.36. The van der Waals surface area contributed by atoms with Crippen LogP contribution in [0.15, 0.2) is 18.2 Å². The van der Waals surface area contributed by atoms with E-state index in [-0.39, 0.29) is 12.8 Å². The molecule has 0 aromatic heterocycles. The summed E-state index contributed by atoms with van der Waals surface area (Å²) in [6.07, 6.45) is 0.935. The first kappa shape index (κ1) is 14.5. The molecule has 20 heavy (non-hydrogen) atoms. The Morgan fingerprint density at radius 3 is 2.85 bits per heavy atom. The van der Waals surface area contributed by atoms with E-state index >= 15 is 0 Å². The van der Waals surface area contributed by atoms with Crippen LogP contribution in [0, 0.1) is 0 Å². The Hall–Kier alpha value is -1.95. The van der Waals surface area contributed by atoms with Gasteiger partial charge in [0.2, 0.25) is 6.79 Å². The zero-order valence-electron chi connectivity index (χ0n) is 11.9. The van der Waals surface area contributed by atoms with E-state index in [2.05, 4.69) is 15.5 Å². The fourth-order valence-electron chi connectivity index (χ4n) is 1.89. The Labute approximate surface area is 119 Å². The minimum atomic E-state index is -0.151. The highest BCUT2D eigenvalue weighted by atomic mass is 16.7. The molecule has 1 heterocycles. The average Bonchev–Trinajstić information content (AvgIpc) is 2.88. The summed E-state index contributed by atoms with van der Waals surface area (Å²) in [6.45, 7) is 2.36. The molecule has 0 saturated heterocycles. The van der Waals surface area contributed by atoms with Crippen molar-refractivity contribution in [1.82, 2.24) is 15.5 Å². The van der Waals surface area contributed by atoms with Crippen LogP contribution in [0.1, 0.15) is 12.0 Å². The summed E-state index contributed by atoms with van der Waals surface area (Å²) in [5.74, 6) is 1.48. The van der Waals surface area contributed by atoms with Crippen molar-refractivity contribution in [1.29, 1.82) is 0 Å². The lowest BCUT2D eigenvalue weighted by atomic mass is 10.2. The van der Waals surface area contributed by atoms with E-state index in [1.807, 2.05) is 32.3 Å². The summed E-state index contributed by atoms with van der Waals surface area (Å²) >= 11 is 0. The zero-order chi connectivity index (χ0) is 14.4. The molecule has 1 aromatic rings. The summed E-state index contributed by atoms with van der Waals surface area (Å²) in [6, 6.07) is 5.50. The van der Waals surface area contributed by atoms with Crippen LogP contribution in [0.3, 0.4) is 0 Å². The van der Waals surface area contributed by atoms with Gasteiger partial charge in [-0.3, -0.25) is 0 Å². The number of carbonyl (C=O) groups is 1. The number of rotatable bonds is 6. The number of hydrogen-bond donors (Lipinski definition) is 2. The van der Waals surface area contributed by atoms with Crippen LogP contribution in [0.2, 0.25) is 0 Å². The van der Waals surface area contributed by atoms with Crippen LogP contribution < -0.4 is 20.1 Å². The molecule has 1 aliphatic rings. The van der Waals surface area contributed by atoms with Crippen LogP contribution in [0.4, 0.5) is 4.79 Å². The molecule has 0 atom stereocenters. The third kappa shape index (κ3) is 4.31. The van der Waals surface area contributed by atoms with Crippen LogP contribution in [-0.2, 0) is 6.54 Å². The topological polar surface area (TPSA) is 62.8 Å². The Bertz CT molecular complexity index is 463. The minimum absolute atomic E-state index is 0.151. The predicted molar refractivity (Wildman–Crippen MR) is 76.0 cm³/mol. The van der Waals surface area contributed by atoms with E-state index in [1.165, 1.54) is 0 Å². The van der Waals surface area contributed by atoms with Crippen molar-refractivity contribution in [2.75, 3.05) is 34.0 Å². The number of amides is 2. The first-order valence-electron chi connectivity index (χ1n) is 6.70. The van der Waals surface area contributed by atoms with Crippen LogP contribution in [0.5, 0.6) is 11.5 Å². The molecule has 0 spiro atoms. The normalized spacial score (nSPS) is 12.6. The summed E-state index contributed by atoms with van der Waals surface area (Å²) in [7, 11) is 4.03. The maximum atomic E-state index is 11.6. The highest BCUT2D eigenvalue weighted by Gasteiger charge is 2.13. The van der Waals surface area contributed by atoms with Gasteiger partial charge in [0.25, 0.3) is 0 Å². The quantitative estimate of drug-likeness (QED) is 0.767. The molecule has 1 aliphatic heterocycles. The molecule has 2 N–H and O–H groups in total. The first-order chi connectivity index (χ1) is 9.65. The van der Waals surface area contributed by atoms with E-state index in [0.29, 0.717) is 13.1 Å². The van der Waals surface area contributed by atoms with Gasteiger partial charge >= 0.3 is 6.03 Å². The van der Waals surface area contributed by atoms with Crippen molar-refractivity contribution >= 4 is 6.03 Å². The SMILES string of the molecule is CN(C)CCCNC(=O)NCc1ccc2c(c1)OCO2. The van der Waals surface area contributed by atoms with Gasteiger partial charge in [-0.1, -0.05) is 6.07 Å². The number of fused-ring (bicyclic) bond motifs is 1. The highest BCUT2D eigenvalue weighted by molar-refractivity contribution is 5.73. The molecule has 0 unspecified atom stereocenters. The Balaban J connectivity index is 1.68. The first-order valence-corrected chi connectivity index (χ1v) is 6.70. The second-order valence-corrected chi connectivity index (χ2v) is 4.95. The second kappa shape index (κ2) is 7.00. The molecular weight excluding hydrogens is 258 g/mol. The summed E-state index contributed by atoms with van der Waals surface area (Å²) in [4.78, 5) is 13.7. The summed E-state index contributed by atoms with van der Waals surface area (Å²) in [5.41, 5.74) is 0.984. The largest absolute Gasteiger partial charge is 0.454 e. The van der Waals surface area contributed by atoms with Crippen molar-refractivity contribution in [3.63, 3.8) is 0 Å². The third-order valence-corrected chi connectivity index (χ3v) is 2.96. The van der Waals surface area contributed by atoms with E-state index < -0.39 is 0 Å². The van der Waals surface area contributed by atoms with Crippen LogP contribution in [0.25, 0.3) is 0 Å². The van der Waals surface area contributed by atoms with Crippen molar-refractivity contribution in [2.24, 2.45) is 0 Å². The Kier molecular flexibility index (Phi) is 5.06. The summed E-state index contributed by atoms with van der Waals surface area (Å²) < 4.78 is 10.5. The van der Waals surface area contributed by atoms with Crippen LogP contribution in [-0.4, -0.2) is 44.9 Å². The van der Waals surface area contributed by atoms with Gasteiger partial charge in [0.1, 0.15) is 0 Å². The van der Waals surface area contributed by atoms with Crippen molar-refractivity contribution < 1.29 is 14.3 Å². The van der Waals surface area contributed by atoms with Crippen LogP contribution >= 0.6 is 0 Å². The molecule has 2 rings (SSSR count). The van der Waals surface area contributed by atoms with Gasteiger partial charge in [0.15, 0.2) is 11.5 Å². The molecule has 2 amide bonds. The molecule has 0 aliphatic carbocycles. The second-order valence-electron chi connectivity index (χ2n) is 4.95. The molecule has 6 nitrogen and oxygen atoms in total. The molecule has 0 saturated carbocycles. The van der Waals surface area contributed by atoms with Crippen molar-refractivity contribution in [3.05, 3.63) is 23.8 Å². The van der Waals surface area contributed by atoms with Crippen molar-refractivity contribution in [2.45, 2.75) is 13.0 Å². The number of benzene rings is 1. The molecule has 0 fully saturated rings. The maximum Gasteiger partial charge on any atom is 0.315 e. The van der Waals surface area contributed by atoms with Gasteiger partial charge in [-0.15, -0.1) is 0 Å². The number of urea groups is 1. The average molecular weight is 279 g/mol. The molecule has 110 valence electrons. The number of hydrogen-bond acceptors (Lipinski definition) is 4. The minimum Gasteiger partial charge on any atom is -0.454 e. The van der Waals surface area contributed by atoms with E-state index in [1.54, 1.807) is 0 Å². The van der Waals surface area contributed by atoms with E-state index in [4.69, 9.17) is 9.47 Å². The molecular formula is C14H21N3O3. The number of nitrogens with one attached hydrogen (secondary N) is 2. The lowest BCUT2D eigenvalue weighted by molar-refractivity contribution is 0.174. The fourth-order valence-corrected chi connectivity index (χ4v) is 1.89. The smallest absolute Gasteiger partial charge is 0.315 e. The Morgan fingerprint density at radius 1 is 1.25 bits per heavy atom. The van der Waals surface area contributed by atoms with Gasteiger partial charge in [-0.25, -0.2) is 4.79 Å². The summed E-state index contributed by atoms with van der Waals surface area (Å²) in [5, 5.41) is 5.65. The number of carbonyl (C=O) groups excluding carboxylic acids is 1. The molecule has 0 bridgehead atoms.